The lowest BCUT2D eigenvalue weighted by molar-refractivity contribution is -0.757. The van der Waals surface area contributed by atoms with Crippen LogP contribution < -0.4 is 17.1 Å². The van der Waals surface area contributed by atoms with Crippen molar-refractivity contribution in [1.82, 2.24) is 9.90 Å². The van der Waals surface area contributed by atoms with Crippen molar-refractivity contribution in [2.75, 3.05) is 0 Å². The second kappa shape index (κ2) is 12.0. The molecule has 0 N–H and O–H groups in total. The summed E-state index contributed by atoms with van der Waals surface area (Å²) in [5.74, 6) is -0.147. The molecule has 0 amide bonds. The third kappa shape index (κ3) is 5.37. The number of carbonyl (C=O) groups is 2. The summed E-state index contributed by atoms with van der Waals surface area (Å²) in [7, 11) is 0. The van der Waals surface area contributed by atoms with E-state index in [1.165, 1.54) is 38.5 Å². The maximum Gasteiger partial charge on any atom is 0.249 e. The summed E-state index contributed by atoms with van der Waals surface area (Å²) in [6.07, 6.45) is 11.8. The Kier molecular flexibility index (Phi) is 9.70. The van der Waals surface area contributed by atoms with Gasteiger partial charge in [0, 0.05) is 11.1 Å². The minimum absolute atomic E-state index is 0. The lowest BCUT2D eigenvalue weighted by Gasteiger charge is -2.11. The van der Waals surface area contributed by atoms with E-state index in [1.807, 2.05) is 12.1 Å². The number of halogens is 1. The molecule has 0 saturated carbocycles. The van der Waals surface area contributed by atoms with Gasteiger partial charge >= 0.3 is 0 Å². The first-order valence-electron chi connectivity index (χ1n) is 11.4. The van der Waals surface area contributed by atoms with Crippen LogP contribution in [0.5, 0.6) is 0 Å². The van der Waals surface area contributed by atoms with Gasteiger partial charge in [0.05, 0.1) is 5.21 Å². The topological polar surface area (TPSA) is 55.8 Å². The minimum Gasteiger partial charge on any atom is -1.00 e. The van der Waals surface area contributed by atoms with Crippen molar-refractivity contribution < 1.29 is 26.7 Å². The van der Waals surface area contributed by atoms with E-state index < -0.39 is 0 Å². The molecule has 1 aliphatic carbocycles. The molecule has 1 heterocycles. The molecule has 164 valence electrons. The van der Waals surface area contributed by atoms with Crippen LogP contribution in [0.4, 0.5) is 0 Å². The molecule has 0 atom stereocenters. The van der Waals surface area contributed by atoms with Crippen molar-refractivity contribution in [2.24, 2.45) is 0 Å². The zero-order chi connectivity index (χ0) is 20.6. The highest BCUT2D eigenvalue weighted by molar-refractivity contribution is 6.26. The second-order valence-electron chi connectivity index (χ2n) is 8.07. The number of benzene rings is 1. The fraction of sp³-hybridized carbons (Fsp3) is 0.583. The summed E-state index contributed by atoms with van der Waals surface area (Å²) < 4.78 is 3.55. The van der Waals surface area contributed by atoms with E-state index >= 15 is 0 Å². The van der Waals surface area contributed by atoms with Crippen molar-refractivity contribution in [2.45, 2.75) is 91.1 Å². The van der Waals surface area contributed by atoms with Gasteiger partial charge in [-0.05, 0) is 19.3 Å². The number of carbonyl (C=O) groups excluding carboxylic acids is 2. The smallest absolute Gasteiger partial charge is 0.249 e. The molecule has 0 saturated heterocycles. The number of hydrogen-bond donors (Lipinski definition) is 0. The molecule has 5 nitrogen and oxygen atoms in total. The highest BCUT2D eigenvalue weighted by Crippen LogP contribution is 2.25. The first kappa shape index (κ1) is 24.3. The number of nitrogens with zero attached hydrogens (tertiary/aromatic N) is 3. The molecule has 1 aromatic carbocycles. The predicted molar refractivity (Wildman–Crippen MR) is 113 cm³/mol. The van der Waals surface area contributed by atoms with Gasteiger partial charge < -0.3 is 12.4 Å². The fourth-order valence-electron chi connectivity index (χ4n) is 4.06. The van der Waals surface area contributed by atoms with Crippen LogP contribution >= 0.6 is 0 Å². The van der Waals surface area contributed by atoms with Crippen LogP contribution in [0.1, 0.15) is 110 Å². The van der Waals surface area contributed by atoms with E-state index in [1.54, 1.807) is 21.5 Å². The van der Waals surface area contributed by atoms with Crippen molar-refractivity contribution in [3.05, 3.63) is 46.8 Å². The Morgan fingerprint density at radius 1 is 0.800 bits per heavy atom. The molecular formula is C24H34ClN3O2. The molecule has 2 aromatic rings. The molecule has 3 rings (SSSR count). The molecule has 0 aliphatic heterocycles. The van der Waals surface area contributed by atoms with E-state index in [0.29, 0.717) is 35.6 Å². The van der Waals surface area contributed by atoms with Gasteiger partial charge in [-0.25, -0.2) is 0 Å². The Morgan fingerprint density at radius 2 is 1.37 bits per heavy atom. The number of rotatable bonds is 12. The molecule has 1 aliphatic rings. The van der Waals surface area contributed by atoms with Gasteiger partial charge in [-0.3, -0.25) is 9.59 Å². The van der Waals surface area contributed by atoms with E-state index in [-0.39, 0.29) is 24.0 Å². The molecule has 0 bridgehead atoms. The lowest BCUT2D eigenvalue weighted by atomic mass is 9.90. The van der Waals surface area contributed by atoms with Gasteiger partial charge in [0.15, 0.2) is 0 Å². The highest BCUT2D eigenvalue weighted by atomic mass is 35.5. The van der Waals surface area contributed by atoms with Crippen molar-refractivity contribution in [1.29, 1.82) is 0 Å². The van der Waals surface area contributed by atoms with Crippen LogP contribution in [0.25, 0.3) is 0 Å². The average Bonchev–Trinajstić information content (AvgIpc) is 3.11. The lowest BCUT2D eigenvalue weighted by Crippen LogP contribution is -3.00. The summed E-state index contributed by atoms with van der Waals surface area (Å²) in [4.78, 5) is 26.3. The van der Waals surface area contributed by atoms with Gasteiger partial charge in [0.25, 0.3) is 0 Å². The summed E-state index contributed by atoms with van der Waals surface area (Å²) in [5, 5.41) is 4.66. The first-order chi connectivity index (χ1) is 14.2. The Labute approximate surface area is 186 Å². The van der Waals surface area contributed by atoms with Gasteiger partial charge in [0.1, 0.15) is 13.1 Å². The zero-order valence-electron chi connectivity index (χ0n) is 18.3. The number of aryl methyl sites for hydroxylation is 2. The summed E-state index contributed by atoms with van der Waals surface area (Å²) in [5.41, 5.74) is 1.96. The van der Waals surface area contributed by atoms with Gasteiger partial charge in [-0.2, -0.15) is 0 Å². The Bertz CT molecular complexity index is 860. The van der Waals surface area contributed by atoms with Crippen molar-refractivity contribution in [3.8, 4) is 0 Å². The standard InChI is InChI=1S/C24H34N3O2.ClH/c1-3-5-7-8-9-10-11-14-18-27-22-21(26(25-27)17-6-4-2)23(28)19-15-12-13-16-20(19)24(22)29;/h12-13,15-16H,3-11,14,17-18H2,1-2H3;1H/q+1;/p-1. The van der Waals surface area contributed by atoms with Crippen molar-refractivity contribution in [3.63, 3.8) is 0 Å². The molecule has 1 aromatic heterocycles. The molecular weight excluding hydrogens is 398 g/mol. The summed E-state index contributed by atoms with van der Waals surface area (Å²) in [6.45, 7) is 5.72. The number of ketones is 2. The third-order valence-electron chi connectivity index (χ3n) is 5.75. The minimum atomic E-state index is -0.0755. The van der Waals surface area contributed by atoms with Crippen LogP contribution in [0, 0.1) is 0 Å². The monoisotopic (exact) mass is 431 g/mol. The number of hydrogen-bond acceptors (Lipinski definition) is 3. The first-order valence-corrected chi connectivity index (χ1v) is 11.4. The third-order valence-corrected chi connectivity index (χ3v) is 5.75. The Morgan fingerprint density at radius 3 is 2.00 bits per heavy atom. The zero-order valence-corrected chi connectivity index (χ0v) is 19.1. The van der Waals surface area contributed by atoms with E-state index in [4.69, 9.17) is 0 Å². The number of fused-ring (bicyclic) bond motifs is 2. The maximum atomic E-state index is 13.2. The van der Waals surface area contributed by atoms with Gasteiger partial charge in [0.2, 0.25) is 23.0 Å². The molecule has 0 radical (unpaired) electrons. The molecule has 0 unspecified atom stereocenters. The van der Waals surface area contributed by atoms with Crippen LogP contribution in [-0.4, -0.2) is 21.5 Å². The maximum absolute atomic E-state index is 13.2. The van der Waals surface area contributed by atoms with E-state index in [2.05, 4.69) is 19.1 Å². The average molecular weight is 432 g/mol. The number of unbranched alkanes of at least 4 members (excludes halogenated alkanes) is 8. The quantitative estimate of drug-likeness (QED) is 0.325. The molecule has 6 heteroatoms. The van der Waals surface area contributed by atoms with E-state index in [9.17, 15) is 9.59 Å². The van der Waals surface area contributed by atoms with Gasteiger partial charge in [-0.1, -0.05) is 83.1 Å². The second-order valence-corrected chi connectivity index (χ2v) is 8.07. The fourth-order valence-corrected chi connectivity index (χ4v) is 4.06. The van der Waals surface area contributed by atoms with E-state index in [0.717, 1.165) is 25.7 Å². The molecule has 0 fully saturated rings. The van der Waals surface area contributed by atoms with Crippen molar-refractivity contribution >= 4 is 11.6 Å². The van der Waals surface area contributed by atoms with Crippen LogP contribution in [0.2, 0.25) is 0 Å². The summed E-state index contributed by atoms with van der Waals surface area (Å²) >= 11 is 0. The predicted octanol–water partition coefficient (Wildman–Crippen LogP) is 1.89. The van der Waals surface area contributed by atoms with Crippen LogP contribution in [0.3, 0.4) is 0 Å². The summed E-state index contributed by atoms with van der Waals surface area (Å²) in [6, 6.07) is 7.14. The molecule has 0 spiro atoms. The largest absolute Gasteiger partial charge is 1.00 e. The normalized spacial score (nSPS) is 12.5. The highest BCUT2D eigenvalue weighted by Gasteiger charge is 2.42. The van der Waals surface area contributed by atoms with Crippen LogP contribution in [-0.2, 0) is 13.1 Å². The Balaban J connectivity index is 0.00000320. The SMILES string of the molecule is CCCCCCCCCC[n+]1nn(CCCC)c2c1C(=O)c1ccccc1C2=O.[Cl-]. The number of aromatic nitrogens is 3. The van der Waals surface area contributed by atoms with Crippen LogP contribution in [0.15, 0.2) is 24.3 Å². The van der Waals surface area contributed by atoms with Gasteiger partial charge in [-0.15, -0.1) is 9.36 Å². The molecule has 30 heavy (non-hydrogen) atoms. The Hall–Kier alpha value is -2.01.